The van der Waals surface area contributed by atoms with Gasteiger partial charge in [0.1, 0.15) is 22.6 Å². The highest BCUT2D eigenvalue weighted by Crippen LogP contribution is 2.63. The van der Waals surface area contributed by atoms with Gasteiger partial charge in [-0.2, -0.15) is 5.10 Å². The molecule has 9 rings (SSSR count). The van der Waals surface area contributed by atoms with Crippen LogP contribution in [0.25, 0.3) is 27.8 Å². The maximum Gasteiger partial charge on any atom is 0.318 e. The van der Waals surface area contributed by atoms with Crippen LogP contribution in [0.3, 0.4) is 0 Å². The van der Waals surface area contributed by atoms with E-state index in [-0.39, 0.29) is 17.5 Å². The van der Waals surface area contributed by atoms with Gasteiger partial charge in [-0.3, -0.25) is 14.6 Å². The van der Waals surface area contributed by atoms with Crippen LogP contribution < -0.4 is 9.47 Å². The maximum absolute atomic E-state index is 14.7. The number of nitrogens with zero attached hydrogens (tertiary/aromatic N) is 3. The predicted octanol–water partition coefficient (Wildman–Crippen LogP) is 7.25. The zero-order valence-electron chi connectivity index (χ0n) is 24.5. The van der Waals surface area contributed by atoms with Gasteiger partial charge in [-0.1, -0.05) is 17.7 Å². The number of hydrogen-bond acceptors (Lipinski definition) is 6. The Labute approximate surface area is 260 Å². The maximum atomic E-state index is 14.7. The highest BCUT2D eigenvalue weighted by Gasteiger charge is 2.65. The number of carboxylic acids is 1. The molecule has 4 aromatic rings. The second-order valence-corrected chi connectivity index (χ2v) is 13.7. The fourth-order valence-corrected chi connectivity index (χ4v) is 8.81. The second kappa shape index (κ2) is 10.3. The average Bonchev–Trinajstić information content (AvgIpc) is 3.74. The smallest absolute Gasteiger partial charge is 0.318 e. The minimum absolute atomic E-state index is 0.146. The van der Waals surface area contributed by atoms with Gasteiger partial charge < -0.3 is 14.6 Å². The van der Waals surface area contributed by atoms with Crippen LogP contribution in [-0.4, -0.2) is 45.3 Å². The Morgan fingerprint density at radius 1 is 1.00 bits per heavy atom. The summed E-state index contributed by atoms with van der Waals surface area (Å²) in [6.07, 6.45) is 8.29. The average molecular weight is 612 g/mol. The van der Waals surface area contributed by atoms with E-state index in [0.717, 1.165) is 50.3 Å². The number of methoxy groups -OCH3 is 1. The van der Waals surface area contributed by atoms with Crippen LogP contribution in [0, 0.1) is 35.0 Å². The third-order valence-corrected chi connectivity index (χ3v) is 10.9. The zero-order valence-corrected chi connectivity index (χ0v) is 25.3. The topological polar surface area (TPSA) is 104 Å². The van der Waals surface area contributed by atoms with Crippen LogP contribution in [0.5, 0.6) is 11.5 Å². The zero-order chi connectivity index (χ0) is 30.2. The summed E-state index contributed by atoms with van der Waals surface area (Å²) in [4.78, 5) is 32.5. The molecule has 0 atom stereocenters. The number of halogens is 1. The first kappa shape index (κ1) is 27.6. The number of carbonyl (C=O) groups is 2. The number of rotatable bonds is 9. The molecule has 0 saturated heterocycles. The molecule has 44 heavy (non-hydrogen) atoms. The van der Waals surface area contributed by atoms with E-state index in [4.69, 9.17) is 26.2 Å². The Bertz CT molecular complexity index is 1780. The normalized spacial score (nSPS) is 27.0. The number of benzene rings is 2. The predicted molar refractivity (Wildman–Crippen MR) is 166 cm³/mol. The summed E-state index contributed by atoms with van der Waals surface area (Å²) < 4.78 is 13.9. The van der Waals surface area contributed by atoms with E-state index in [2.05, 4.69) is 4.98 Å². The number of ketones is 1. The molecule has 5 fully saturated rings. The monoisotopic (exact) mass is 611 g/mol. The number of Topliss-reactive ketones (excluding diaryl/α,β-unsaturated/α-hetero) is 1. The van der Waals surface area contributed by atoms with E-state index in [0.29, 0.717) is 63.3 Å². The van der Waals surface area contributed by atoms with Gasteiger partial charge in [-0.25, -0.2) is 4.68 Å². The van der Waals surface area contributed by atoms with Crippen molar-refractivity contribution < 1.29 is 24.2 Å². The first-order valence-corrected chi connectivity index (χ1v) is 16.0. The van der Waals surface area contributed by atoms with Crippen LogP contribution in [0.1, 0.15) is 55.4 Å². The van der Waals surface area contributed by atoms with Gasteiger partial charge in [0.2, 0.25) is 5.78 Å². The quantitative estimate of drug-likeness (QED) is 0.157. The Balaban J connectivity index is 1.33. The Hall–Kier alpha value is -3.91. The molecule has 1 N–H and O–H groups in total. The molecule has 5 saturated carbocycles. The van der Waals surface area contributed by atoms with Crippen molar-refractivity contribution in [3.63, 3.8) is 0 Å². The molecular formula is C35H34ClN3O5. The summed E-state index contributed by atoms with van der Waals surface area (Å²) in [7, 11) is 1.61. The summed E-state index contributed by atoms with van der Waals surface area (Å²) in [6, 6.07) is 14.7. The van der Waals surface area contributed by atoms with Crippen molar-refractivity contribution in [2.45, 2.75) is 44.9 Å². The van der Waals surface area contributed by atoms with Crippen LogP contribution in [0.4, 0.5) is 0 Å². The van der Waals surface area contributed by atoms with Crippen molar-refractivity contribution in [2.24, 2.45) is 35.0 Å². The third kappa shape index (κ3) is 4.25. The van der Waals surface area contributed by atoms with E-state index >= 15 is 0 Å². The molecule has 2 aromatic carbocycles. The number of fused-ring (bicyclic) bond motifs is 1. The second-order valence-electron chi connectivity index (χ2n) is 13.2. The number of carbonyl (C=O) groups excluding carboxylic acids is 1. The highest BCUT2D eigenvalue weighted by molar-refractivity contribution is 6.31. The van der Waals surface area contributed by atoms with Gasteiger partial charge in [0, 0.05) is 16.6 Å². The van der Waals surface area contributed by atoms with Gasteiger partial charge in [0.25, 0.3) is 0 Å². The van der Waals surface area contributed by atoms with Crippen molar-refractivity contribution in [1.29, 1.82) is 0 Å². The number of pyridine rings is 1. The van der Waals surface area contributed by atoms with Crippen LogP contribution >= 0.6 is 11.6 Å². The first-order valence-electron chi connectivity index (χ1n) is 15.6. The largest absolute Gasteiger partial charge is 0.496 e. The van der Waals surface area contributed by atoms with Gasteiger partial charge in [0.05, 0.1) is 36.2 Å². The van der Waals surface area contributed by atoms with E-state index < -0.39 is 17.2 Å². The van der Waals surface area contributed by atoms with Gasteiger partial charge in [0.15, 0.2) is 0 Å². The van der Waals surface area contributed by atoms with Crippen molar-refractivity contribution in [3.05, 3.63) is 65.4 Å². The molecule has 8 nitrogen and oxygen atoms in total. The molecule has 0 spiro atoms. The molecule has 0 amide bonds. The number of ether oxygens (including phenoxy) is 2. The van der Waals surface area contributed by atoms with Crippen molar-refractivity contribution in [2.75, 3.05) is 13.7 Å². The number of hydrogen-bond donors (Lipinski definition) is 1. The fourth-order valence-electron chi connectivity index (χ4n) is 8.65. The van der Waals surface area contributed by atoms with Crippen LogP contribution in [0.2, 0.25) is 5.02 Å². The molecule has 5 aliphatic carbocycles. The number of aliphatic carboxylic acids is 1. The highest BCUT2D eigenvalue weighted by atomic mass is 35.5. The summed E-state index contributed by atoms with van der Waals surface area (Å²) in [6.45, 7) is 0.588. The molecule has 0 unspecified atom stereocenters. The number of carboxylic acid groups (broad SMARTS) is 1. The number of aromatic nitrogens is 3. The molecule has 9 heteroatoms. The standard InChI is InChI=1S/C35H34ClN3O5/c1-43-30-3-2-4-31(44-18-19-5-6-19)32(30)29-17-27(38-39(29)28-9-10-37-26-16-24(36)7-8-25(26)28)33(40)35(34(41)42)22-12-20-11-21(14-22)15-23(35)13-20/h2-4,7-10,16-17,19-23H,5-6,11-15,18H2,1H3,(H,41,42). The molecule has 0 aliphatic heterocycles. The Kier molecular flexibility index (Phi) is 6.49. The van der Waals surface area contributed by atoms with Gasteiger partial charge >= 0.3 is 5.97 Å². The SMILES string of the molecule is COc1cccc(OCC2CC2)c1-c1cc(C(=O)C2(C(=O)O)C3CC4CC(C3)CC2C4)nn1-c1ccnc2cc(Cl)ccc12. The lowest BCUT2D eigenvalue weighted by atomic mass is 9.44. The van der Waals surface area contributed by atoms with Gasteiger partial charge in [-0.05, 0) is 117 Å². The minimum Gasteiger partial charge on any atom is -0.496 e. The van der Waals surface area contributed by atoms with Crippen LogP contribution in [0.15, 0.2) is 54.7 Å². The molecule has 2 aromatic heterocycles. The lowest BCUT2D eigenvalue weighted by Crippen LogP contribution is -2.60. The lowest BCUT2D eigenvalue weighted by molar-refractivity contribution is -0.167. The molecular weight excluding hydrogens is 578 g/mol. The van der Waals surface area contributed by atoms with Crippen molar-refractivity contribution in [1.82, 2.24) is 14.8 Å². The fraction of sp³-hybridized carbons (Fsp3) is 0.429. The molecule has 2 heterocycles. The molecule has 226 valence electrons. The van der Waals surface area contributed by atoms with E-state index in [9.17, 15) is 14.7 Å². The van der Waals surface area contributed by atoms with Crippen LogP contribution in [-0.2, 0) is 4.79 Å². The summed E-state index contributed by atoms with van der Waals surface area (Å²) in [5.74, 6) is 0.994. The molecule has 0 radical (unpaired) electrons. The molecule has 5 aliphatic rings. The van der Waals surface area contributed by atoms with Crippen molar-refractivity contribution in [3.8, 4) is 28.4 Å². The Morgan fingerprint density at radius 2 is 1.73 bits per heavy atom. The first-order chi connectivity index (χ1) is 21.4. The molecule has 4 bridgehead atoms. The van der Waals surface area contributed by atoms with Crippen molar-refractivity contribution >= 4 is 34.3 Å². The van der Waals surface area contributed by atoms with E-state index in [1.165, 1.54) is 0 Å². The third-order valence-electron chi connectivity index (χ3n) is 10.6. The van der Waals surface area contributed by atoms with E-state index in [1.807, 2.05) is 30.3 Å². The Morgan fingerprint density at radius 3 is 2.41 bits per heavy atom. The summed E-state index contributed by atoms with van der Waals surface area (Å²) in [5.41, 5.74) is 1.29. The summed E-state index contributed by atoms with van der Waals surface area (Å²) in [5, 5.41) is 17.1. The lowest BCUT2D eigenvalue weighted by Gasteiger charge is -2.58. The summed E-state index contributed by atoms with van der Waals surface area (Å²) >= 11 is 6.31. The van der Waals surface area contributed by atoms with E-state index in [1.54, 1.807) is 36.2 Å². The minimum atomic E-state index is -1.47. The van der Waals surface area contributed by atoms with Gasteiger partial charge in [-0.15, -0.1) is 0 Å².